The number of amides is 2. The van der Waals surface area contributed by atoms with Crippen LogP contribution in [0.25, 0.3) is 0 Å². The SMILES string of the molecule is CC(C(=O)NC1CCCCC1)N(Cc1ccccc1F)C(=O)CCCN(c1ccc2c(c1)OCCO2)S(C)(=O)=O. The van der Waals surface area contributed by atoms with Gasteiger partial charge in [0.25, 0.3) is 0 Å². The molecule has 1 saturated carbocycles. The largest absolute Gasteiger partial charge is 0.486 e. The summed E-state index contributed by atoms with van der Waals surface area (Å²) in [4.78, 5) is 28.0. The van der Waals surface area contributed by atoms with Crippen LogP contribution in [0.4, 0.5) is 10.1 Å². The third kappa shape index (κ3) is 7.65. The third-order valence-electron chi connectivity index (χ3n) is 7.38. The molecule has 2 aliphatic rings. The van der Waals surface area contributed by atoms with Crippen LogP contribution in [-0.2, 0) is 26.2 Å². The molecule has 1 aliphatic heterocycles. The van der Waals surface area contributed by atoms with Crippen LogP contribution in [0.15, 0.2) is 42.5 Å². The summed E-state index contributed by atoms with van der Waals surface area (Å²) in [6.07, 6.45) is 6.35. The smallest absolute Gasteiger partial charge is 0.242 e. The van der Waals surface area contributed by atoms with Crippen LogP contribution >= 0.6 is 0 Å². The zero-order valence-corrected chi connectivity index (χ0v) is 23.9. The maximum Gasteiger partial charge on any atom is 0.242 e. The molecule has 2 aromatic carbocycles. The van der Waals surface area contributed by atoms with Crippen molar-refractivity contribution in [1.82, 2.24) is 10.2 Å². The molecule has 0 spiro atoms. The molecule has 1 fully saturated rings. The number of sulfonamides is 1. The molecular weight excluding hydrogens is 537 g/mol. The number of hydrogen-bond acceptors (Lipinski definition) is 6. The summed E-state index contributed by atoms with van der Waals surface area (Å²) in [6.45, 7) is 2.41. The Morgan fingerprint density at radius 2 is 1.75 bits per heavy atom. The van der Waals surface area contributed by atoms with Gasteiger partial charge in [0.1, 0.15) is 25.1 Å². The first-order valence-corrected chi connectivity index (χ1v) is 15.7. The van der Waals surface area contributed by atoms with Crippen molar-refractivity contribution in [2.75, 3.05) is 30.3 Å². The normalized spacial score (nSPS) is 16.2. The number of carbonyl (C=O) groups is 2. The molecule has 2 amide bonds. The van der Waals surface area contributed by atoms with E-state index in [4.69, 9.17) is 9.47 Å². The summed E-state index contributed by atoms with van der Waals surface area (Å²) in [7, 11) is -3.66. The highest BCUT2D eigenvalue weighted by Gasteiger charge is 2.29. The van der Waals surface area contributed by atoms with E-state index < -0.39 is 21.9 Å². The van der Waals surface area contributed by atoms with E-state index in [9.17, 15) is 22.4 Å². The molecule has 1 heterocycles. The summed E-state index contributed by atoms with van der Waals surface area (Å²) in [6, 6.07) is 10.3. The molecule has 0 aromatic heterocycles. The van der Waals surface area contributed by atoms with Crippen LogP contribution in [0.5, 0.6) is 11.5 Å². The fraction of sp³-hybridized carbons (Fsp3) is 0.517. The number of fused-ring (bicyclic) bond motifs is 1. The van der Waals surface area contributed by atoms with Crippen LogP contribution in [0.1, 0.15) is 57.4 Å². The van der Waals surface area contributed by atoms with Crippen LogP contribution < -0.4 is 19.1 Å². The minimum absolute atomic E-state index is 0.0218. The van der Waals surface area contributed by atoms with Gasteiger partial charge in [-0.25, -0.2) is 12.8 Å². The number of carbonyl (C=O) groups excluding carboxylic acids is 2. The highest BCUT2D eigenvalue weighted by Crippen LogP contribution is 2.34. The second-order valence-electron chi connectivity index (χ2n) is 10.4. The first-order valence-electron chi connectivity index (χ1n) is 13.8. The van der Waals surface area contributed by atoms with Gasteiger partial charge in [-0.2, -0.15) is 0 Å². The molecular formula is C29H38FN3O6S. The molecule has 9 nitrogen and oxygen atoms in total. The van der Waals surface area contributed by atoms with Crippen molar-refractivity contribution in [2.45, 2.75) is 70.5 Å². The van der Waals surface area contributed by atoms with Crippen molar-refractivity contribution in [3.8, 4) is 11.5 Å². The molecule has 1 unspecified atom stereocenters. The maximum atomic E-state index is 14.5. The summed E-state index contributed by atoms with van der Waals surface area (Å²) in [5.74, 6) is -0.0805. The van der Waals surface area contributed by atoms with Crippen molar-refractivity contribution >= 4 is 27.5 Å². The lowest BCUT2D eigenvalue weighted by Gasteiger charge is -2.31. The van der Waals surface area contributed by atoms with Gasteiger partial charge in [0, 0.05) is 37.2 Å². The second kappa shape index (κ2) is 13.3. The lowest BCUT2D eigenvalue weighted by Crippen LogP contribution is -2.50. The number of hydrogen-bond donors (Lipinski definition) is 1. The molecule has 1 N–H and O–H groups in total. The van der Waals surface area contributed by atoms with Gasteiger partial charge in [0.15, 0.2) is 11.5 Å². The van der Waals surface area contributed by atoms with Crippen molar-refractivity contribution < 1.29 is 31.9 Å². The van der Waals surface area contributed by atoms with Crippen LogP contribution in [-0.4, -0.2) is 63.2 Å². The molecule has 11 heteroatoms. The van der Waals surface area contributed by atoms with Gasteiger partial charge in [-0.1, -0.05) is 37.5 Å². The van der Waals surface area contributed by atoms with Gasteiger partial charge < -0.3 is 19.7 Å². The van der Waals surface area contributed by atoms with Crippen molar-refractivity contribution in [3.63, 3.8) is 0 Å². The van der Waals surface area contributed by atoms with E-state index in [-0.39, 0.29) is 43.8 Å². The second-order valence-corrected chi connectivity index (χ2v) is 12.3. The van der Waals surface area contributed by atoms with Gasteiger partial charge >= 0.3 is 0 Å². The molecule has 40 heavy (non-hydrogen) atoms. The van der Waals surface area contributed by atoms with E-state index in [1.807, 2.05) is 0 Å². The number of anilines is 1. The number of nitrogens with zero attached hydrogens (tertiary/aromatic N) is 2. The van der Waals surface area contributed by atoms with Gasteiger partial charge in [-0.15, -0.1) is 0 Å². The molecule has 218 valence electrons. The molecule has 0 saturated heterocycles. The standard InChI is InChI=1S/C29H38FN3O6S/c1-21(29(35)31-23-10-4-3-5-11-23)32(20-22-9-6-7-12-25(22)30)28(34)13-8-16-33(40(2,36)37)24-14-15-26-27(19-24)39-18-17-38-26/h6-7,9,12,14-15,19,21,23H,3-5,8,10-11,13,16-18,20H2,1-2H3,(H,31,35). The lowest BCUT2D eigenvalue weighted by atomic mass is 9.95. The number of benzene rings is 2. The number of halogens is 1. The molecule has 0 radical (unpaired) electrons. The Kier molecular flexibility index (Phi) is 9.89. The average molecular weight is 576 g/mol. The topological polar surface area (TPSA) is 105 Å². The Bertz CT molecular complexity index is 1300. The molecule has 4 rings (SSSR count). The molecule has 1 aliphatic carbocycles. The summed E-state index contributed by atoms with van der Waals surface area (Å²) in [5.41, 5.74) is 0.713. The van der Waals surface area contributed by atoms with E-state index in [1.165, 1.54) is 15.3 Å². The van der Waals surface area contributed by atoms with Gasteiger partial charge in [-0.05, 0) is 44.4 Å². The predicted molar refractivity (Wildman–Crippen MR) is 150 cm³/mol. The first-order chi connectivity index (χ1) is 19.1. The fourth-order valence-corrected chi connectivity index (χ4v) is 6.11. The summed E-state index contributed by atoms with van der Waals surface area (Å²) < 4.78 is 52.1. The number of nitrogens with one attached hydrogen (secondary N) is 1. The number of ether oxygens (including phenoxy) is 2. The molecule has 1 atom stereocenters. The van der Waals surface area contributed by atoms with Gasteiger partial charge in [0.2, 0.25) is 21.8 Å². The minimum Gasteiger partial charge on any atom is -0.486 e. The monoisotopic (exact) mass is 575 g/mol. The first kappa shape index (κ1) is 29.6. The van der Waals surface area contributed by atoms with E-state index in [2.05, 4.69) is 5.32 Å². The zero-order chi connectivity index (χ0) is 28.7. The Morgan fingerprint density at radius 3 is 2.45 bits per heavy atom. The summed E-state index contributed by atoms with van der Waals surface area (Å²) in [5, 5.41) is 3.06. The molecule has 0 bridgehead atoms. The van der Waals surface area contributed by atoms with E-state index in [0.29, 0.717) is 36.0 Å². The lowest BCUT2D eigenvalue weighted by molar-refractivity contribution is -0.141. The third-order valence-corrected chi connectivity index (χ3v) is 8.58. The maximum absolute atomic E-state index is 14.5. The van der Waals surface area contributed by atoms with Crippen molar-refractivity contribution in [3.05, 3.63) is 53.8 Å². The van der Waals surface area contributed by atoms with Gasteiger partial charge in [0.05, 0.1) is 11.9 Å². The predicted octanol–water partition coefficient (Wildman–Crippen LogP) is 4.01. The molecule has 2 aromatic rings. The van der Waals surface area contributed by atoms with E-state index in [1.54, 1.807) is 43.3 Å². The van der Waals surface area contributed by atoms with Crippen molar-refractivity contribution in [2.24, 2.45) is 0 Å². The van der Waals surface area contributed by atoms with E-state index in [0.717, 1.165) is 38.4 Å². The Morgan fingerprint density at radius 1 is 1.05 bits per heavy atom. The Hall–Kier alpha value is -3.34. The quantitative estimate of drug-likeness (QED) is 0.434. The average Bonchev–Trinajstić information content (AvgIpc) is 2.94. The van der Waals surface area contributed by atoms with E-state index >= 15 is 0 Å². The Labute approximate surface area is 235 Å². The summed E-state index contributed by atoms with van der Waals surface area (Å²) >= 11 is 0. The minimum atomic E-state index is -3.66. The zero-order valence-electron chi connectivity index (χ0n) is 23.1. The highest BCUT2D eigenvalue weighted by molar-refractivity contribution is 7.92. The van der Waals surface area contributed by atoms with Crippen LogP contribution in [0, 0.1) is 5.82 Å². The van der Waals surface area contributed by atoms with Gasteiger partial charge in [-0.3, -0.25) is 13.9 Å². The fourth-order valence-electron chi connectivity index (χ4n) is 5.15. The Balaban J connectivity index is 1.46. The van der Waals surface area contributed by atoms with Crippen LogP contribution in [0.2, 0.25) is 0 Å². The van der Waals surface area contributed by atoms with Crippen molar-refractivity contribution in [1.29, 1.82) is 0 Å². The number of rotatable bonds is 11. The highest BCUT2D eigenvalue weighted by atomic mass is 32.2. The van der Waals surface area contributed by atoms with Crippen LogP contribution in [0.3, 0.4) is 0 Å².